The van der Waals surface area contributed by atoms with E-state index in [2.05, 4.69) is 15.6 Å². The fourth-order valence-corrected chi connectivity index (χ4v) is 1.03. The van der Waals surface area contributed by atoms with Crippen molar-refractivity contribution in [1.29, 1.82) is 0 Å². The highest BCUT2D eigenvalue weighted by atomic mass is 19.1. The molecule has 5 nitrogen and oxygen atoms in total. The van der Waals surface area contributed by atoms with E-state index in [9.17, 15) is 14.0 Å². The molecule has 0 radical (unpaired) electrons. The highest BCUT2D eigenvalue weighted by molar-refractivity contribution is 5.94. The van der Waals surface area contributed by atoms with Crippen LogP contribution >= 0.6 is 0 Å². The first-order valence-electron chi connectivity index (χ1n) is 4.74. The maximum Gasteiger partial charge on any atom is 0.252 e. The number of carbonyl (C=O) groups is 2. The van der Waals surface area contributed by atoms with Gasteiger partial charge < -0.3 is 10.6 Å². The molecule has 16 heavy (non-hydrogen) atoms. The molecule has 0 unspecified atom stereocenters. The summed E-state index contributed by atoms with van der Waals surface area (Å²) in [6.07, 6.45) is 1.35. The molecule has 0 aromatic carbocycles. The molecule has 2 N–H and O–H groups in total. The van der Waals surface area contributed by atoms with Crippen LogP contribution in [0.3, 0.4) is 0 Å². The summed E-state index contributed by atoms with van der Waals surface area (Å²) in [5.74, 6) is -1.17. The molecule has 6 heteroatoms. The number of aromatic nitrogens is 1. The molecule has 1 aromatic rings. The van der Waals surface area contributed by atoms with Crippen LogP contribution in [-0.4, -0.2) is 30.4 Å². The van der Waals surface area contributed by atoms with E-state index in [0.717, 1.165) is 12.3 Å². The minimum absolute atomic E-state index is 0.155. The summed E-state index contributed by atoms with van der Waals surface area (Å²) in [6.45, 7) is 0.232. The van der Waals surface area contributed by atoms with Gasteiger partial charge in [-0.05, 0) is 12.1 Å². The van der Waals surface area contributed by atoms with E-state index in [1.54, 1.807) is 0 Å². The predicted octanol–water partition coefficient (Wildman–Crippen LogP) is 0.0866. The third-order valence-electron chi connectivity index (χ3n) is 1.91. The smallest absolute Gasteiger partial charge is 0.252 e. The van der Waals surface area contributed by atoms with Crippen LogP contribution in [0, 0.1) is 5.95 Å². The minimum Gasteiger partial charge on any atom is -0.359 e. The molecular formula is C10H12FN3O2. The number of nitrogens with zero attached hydrogens (tertiary/aromatic N) is 1. The van der Waals surface area contributed by atoms with Crippen molar-refractivity contribution in [3.63, 3.8) is 0 Å². The van der Waals surface area contributed by atoms with Crippen molar-refractivity contribution in [1.82, 2.24) is 15.6 Å². The number of halogens is 1. The highest BCUT2D eigenvalue weighted by Crippen LogP contribution is 1.98. The monoisotopic (exact) mass is 225 g/mol. The second-order valence-electron chi connectivity index (χ2n) is 3.05. The van der Waals surface area contributed by atoms with Gasteiger partial charge in [-0.15, -0.1) is 0 Å². The van der Waals surface area contributed by atoms with Crippen LogP contribution in [0.5, 0.6) is 0 Å². The van der Waals surface area contributed by atoms with Crippen LogP contribution < -0.4 is 10.6 Å². The number of nitrogens with one attached hydrogen (secondary N) is 2. The lowest BCUT2D eigenvalue weighted by molar-refractivity contribution is -0.120. The van der Waals surface area contributed by atoms with Gasteiger partial charge in [-0.1, -0.05) is 0 Å². The van der Waals surface area contributed by atoms with E-state index in [1.807, 2.05) is 0 Å². The molecule has 0 bridgehead atoms. The highest BCUT2D eigenvalue weighted by Gasteiger charge is 2.06. The van der Waals surface area contributed by atoms with Crippen LogP contribution in [0.4, 0.5) is 4.39 Å². The molecule has 1 rings (SSSR count). The van der Waals surface area contributed by atoms with Crippen LogP contribution in [0.15, 0.2) is 18.3 Å². The molecule has 0 aliphatic heterocycles. The summed E-state index contributed by atoms with van der Waals surface area (Å²) in [4.78, 5) is 25.6. The Bertz CT molecular complexity index is 378. The van der Waals surface area contributed by atoms with E-state index in [4.69, 9.17) is 0 Å². The summed E-state index contributed by atoms with van der Waals surface area (Å²) in [6, 6.07) is 2.44. The van der Waals surface area contributed by atoms with Gasteiger partial charge in [0.25, 0.3) is 5.91 Å². The molecule has 0 spiro atoms. The van der Waals surface area contributed by atoms with Gasteiger partial charge in [-0.25, -0.2) is 4.98 Å². The first-order chi connectivity index (χ1) is 7.63. The molecule has 0 saturated heterocycles. The van der Waals surface area contributed by atoms with Gasteiger partial charge in [-0.2, -0.15) is 4.39 Å². The van der Waals surface area contributed by atoms with Gasteiger partial charge in [0.2, 0.25) is 11.9 Å². The Morgan fingerprint density at radius 1 is 1.44 bits per heavy atom. The molecule has 86 valence electrons. The Hall–Kier alpha value is -1.98. The second-order valence-corrected chi connectivity index (χ2v) is 3.05. The molecule has 0 atom stereocenters. The largest absolute Gasteiger partial charge is 0.359 e. The molecule has 0 saturated carbocycles. The van der Waals surface area contributed by atoms with Crippen molar-refractivity contribution < 1.29 is 14.0 Å². The SMILES string of the molecule is CNC(=O)CCNC(=O)c1ccc(F)nc1. The Balaban J connectivity index is 2.41. The predicted molar refractivity (Wildman–Crippen MR) is 55.2 cm³/mol. The number of hydrogen-bond donors (Lipinski definition) is 2. The van der Waals surface area contributed by atoms with Crippen LogP contribution in [0.2, 0.25) is 0 Å². The molecule has 2 amide bonds. The lowest BCUT2D eigenvalue weighted by Crippen LogP contribution is -2.29. The standard InChI is InChI=1S/C10H12FN3O2/c1-12-9(15)4-5-13-10(16)7-2-3-8(11)14-6-7/h2-3,6H,4-5H2,1H3,(H,12,15)(H,13,16). The number of carbonyl (C=O) groups excluding carboxylic acids is 2. The van der Waals surface area contributed by atoms with E-state index in [-0.39, 0.29) is 30.3 Å². The molecule has 1 aromatic heterocycles. The zero-order chi connectivity index (χ0) is 12.0. The Morgan fingerprint density at radius 3 is 2.75 bits per heavy atom. The summed E-state index contributed by atoms with van der Waals surface area (Å²) in [5, 5.41) is 4.96. The number of hydrogen-bond acceptors (Lipinski definition) is 3. The Labute approximate surface area is 92.1 Å². The van der Waals surface area contributed by atoms with Gasteiger partial charge in [0.1, 0.15) is 0 Å². The molecule has 0 fully saturated rings. The summed E-state index contributed by atoms with van der Waals surface area (Å²) in [5.41, 5.74) is 0.262. The maximum atomic E-state index is 12.5. The van der Waals surface area contributed by atoms with Crippen molar-refractivity contribution in [3.8, 4) is 0 Å². The van der Waals surface area contributed by atoms with Crippen LogP contribution in [0.25, 0.3) is 0 Å². The van der Waals surface area contributed by atoms with Gasteiger partial charge in [0.05, 0.1) is 5.56 Å². The van der Waals surface area contributed by atoms with Crippen molar-refractivity contribution in [2.75, 3.05) is 13.6 Å². The minimum atomic E-state index is -0.637. The Morgan fingerprint density at radius 2 is 2.19 bits per heavy atom. The topological polar surface area (TPSA) is 71.1 Å². The van der Waals surface area contributed by atoms with Gasteiger partial charge in [0.15, 0.2) is 0 Å². The third kappa shape index (κ3) is 3.64. The van der Waals surface area contributed by atoms with E-state index in [0.29, 0.717) is 0 Å². The number of amides is 2. The molecule has 0 aliphatic rings. The molecule has 1 heterocycles. The van der Waals surface area contributed by atoms with Crippen molar-refractivity contribution in [2.24, 2.45) is 0 Å². The summed E-state index contributed by atoms with van der Waals surface area (Å²) in [7, 11) is 1.52. The third-order valence-corrected chi connectivity index (χ3v) is 1.91. The zero-order valence-electron chi connectivity index (χ0n) is 8.79. The Kier molecular flexibility index (Phi) is 4.38. The van der Waals surface area contributed by atoms with Crippen molar-refractivity contribution in [3.05, 3.63) is 29.8 Å². The lowest BCUT2D eigenvalue weighted by Gasteiger charge is -2.03. The average Bonchev–Trinajstić information content (AvgIpc) is 2.29. The van der Waals surface area contributed by atoms with E-state index < -0.39 is 5.95 Å². The quantitative estimate of drug-likeness (QED) is 0.713. The van der Waals surface area contributed by atoms with Gasteiger partial charge in [-0.3, -0.25) is 9.59 Å². The molecule has 0 aliphatic carbocycles. The van der Waals surface area contributed by atoms with Crippen LogP contribution in [0.1, 0.15) is 16.8 Å². The van der Waals surface area contributed by atoms with E-state index in [1.165, 1.54) is 13.1 Å². The number of pyridine rings is 1. The van der Waals surface area contributed by atoms with Gasteiger partial charge in [0, 0.05) is 26.2 Å². The normalized spacial score (nSPS) is 9.62. The molecular weight excluding hydrogens is 213 g/mol. The summed E-state index contributed by atoms with van der Waals surface area (Å²) >= 11 is 0. The fraction of sp³-hybridized carbons (Fsp3) is 0.300. The van der Waals surface area contributed by atoms with Gasteiger partial charge >= 0.3 is 0 Å². The van der Waals surface area contributed by atoms with Crippen LogP contribution in [-0.2, 0) is 4.79 Å². The van der Waals surface area contributed by atoms with E-state index >= 15 is 0 Å². The second kappa shape index (κ2) is 5.79. The zero-order valence-corrected chi connectivity index (χ0v) is 8.79. The van der Waals surface area contributed by atoms with Crippen molar-refractivity contribution >= 4 is 11.8 Å². The number of rotatable bonds is 4. The summed E-state index contributed by atoms with van der Waals surface area (Å²) < 4.78 is 12.5. The first kappa shape index (κ1) is 12.1. The van der Waals surface area contributed by atoms with Crippen molar-refractivity contribution in [2.45, 2.75) is 6.42 Å². The lowest BCUT2D eigenvalue weighted by atomic mass is 10.2. The fourth-order valence-electron chi connectivity index (χ4n) is 1.03. The first-order valence-corrected chi connectivity index (χ1v) is 4.74. The average molecular weight is 225 g/mol. The maximum absolute atomic E-state index is 12.5.